The highest BCUT2D eigenvalue weighted by molar-refractivity contribution is 7.70. The summed E-state index contributed by atoms with van der Waals surface area (Å²) in [6.07, 6.45) is 1.69. The van der Waals surface area contributed by atoms with Crippen molar-refractivity contribution in [3.05, 3.63) is 18.3 Å². The number of aromatic nitrogens is 1. The molecule has 4 heteroatoms. The molecule has 1 rings (SSSR count). The topological polar surface area (TPSA) is 42.0 Å². The molecule has 0 aromatic carbocycles. The van der Waals surface area contributed by atoms with E-state index >= 15 is 0 Å². The first kappa shape index (κ1) is 9.27. The fraction of sp³-hybridized carbons (Fsp3) is 0.375. The second kappa shape index (κ2) is 3.28. The fourth-order valence-electron chi connectivity index (χ4n) is 1.02. The number of rotatable bonds is 2. The average Bonchev–Trinajstić information content (AvgIpc) is 2.03. The van der Waals surface area contributed by atoms with Gasteiger partial charge in [-0.3, -0.25) is 0 Å². The molecule has 0 saturated carbocycles. The van der Waals surface area contributed by atoms with Crippen LogP contribution >= 0.6 is 7.14 Å². The maximum Gasteiger partial charge on any atom is 0.136 e. The van der Waals surface area contributed by atoms with E-state index in [1.807, 2.05) is 6.07 Å². The van der Waals surface area contributed by atoms with Crippen LogP contribution in [-0.4, -0.2) is 25.4 Å². The summed E-state index contributed by atoms with van der Waals surface area (Å²) in [7, 11) is -0.418. The van der Waals surface area contributed by atoms with Gasteiger partial charge in [0, 0.05) is 13.2 Å². The van der Waals surface area contributed by atoms with Gasteiger partial charge in [-0.15, -0.1) is 0 Å². The molecule has 66 valence electrons. The van der Waals surface area contributed by atoms with Crippen LogP contribution < -0.4 is 10.6 Å². The first-order valence-electron chi connectivity index (χ1n) is 3.74. The summed E-state index contributed by atoms with van der Waals surface area (Å²) in [6, 6.07) is 3.65. The monoisotopic (exact) mass is 184 g/mol. The van der Waals surface area contributed by atoms with Crippen molar-refractivity contribution >= 4 is 18.3 Å². The number of nitrogens with one attached hydrogen (secondary N) is 1. The van der Waals surface area contributed by atoms with Gasteiger partial charge >= 0.3 is 0 Å². The summed E-state index contributed by atoms with van der Waals surface area (Å²) in [5.74, 6) is 0.714. The lowest BCUT2D eigenvalue weighted by Crippen LogP contribution is -2.11. The molecule has 0 bridgehead atoms. The molecule has 0 unspecified atom stereocenters. The summed E-state index contributed by atoms with van der Waals surface area (Å²) >= 11 is 0. The quantitative estimate of drug-likeness (QED) is 0.706. The van der Waals surface area contributed by atoms with E-state index in [2.05, 4.69) is 10.3 Å². The lowest BCUT2D eigenvalue weighted by Gasteiger charge is -2.10. The Hall–Kier alpha value is -0.820. The number of hydrogen-bond donors (Lipinski definition) is 1. The van der Waals surface area contributed by atoms with E-state index in [9.17, 15) is 4.57 Å². The second-order valence-corrected chi connectivity index (χ2v) is 6.16. The van der Waals surface area contributed by atoms with Gasteiger partial charge in [0.1, 0.15) is 13.0 Å². The summed E-state index contributed by atoms with van der Waals surface area (Å²) < 4.78 is 11.7. The first-order valence-corrected chi connectivity index (χ1v) is 6.34. The number of anilines is 1. The van der Waals surface area contributed by atoms with Crippen molar-refractivity contribution in [1.82, 2.24) is 4.98 Å². The summed E-state index contributed by atoms with van der Waals surface area (Å²) in [5.41, 5.74) is 0. The fourth-order valence-corrected chi connectivity index (χ4v) is 2.15. The minimum absolute atomic E-state index is 0.714. The molecule has 0 amide bonds. The van der Waals surface area contributed by atoms with Gasteiger partial charge in [0.2, 0.25) is 0 Å². The van der Waals surface area contributed by atoms with Gasteiger partial charge in [-0.25, -0.2) is 4.98 Å². The van der Waals surface area contributed by atoms with Gasteiger partial charge in [-0.2, -0.15) is 0 Å². The molecule has 1 N–H and O–H groups in total. The molecule has 0 aliphatic carbocycles. The van der Waals surface area contributed by atoms with Crippen LogP contribution in [0.1, 0.15) is 0 Å². The van der Waals surface area contributed by atoms with Crippen LogP contribution in [0.4, 0.5) is 5.82 Å². The maximum atomic E-state index is 11.7. The Bertz CT molecular complexity index is 319. The minimum atomic E-state index is -2.20. The van der Waals surface area contributed by atoms with Crippen molar-refractivity contribution in [2.24, 2.45) is 0 Å². The summed E-state index contributed by atoms with van der Waals surface area (Å²) in [6.45, 7) is 3.48. The molecule has 0 saturated heterocycles. The third-order valence-corrected chi connectivity index (χ3v) is 3.12. The van der Waals surface area contributed by atoms with Crippen molar-refractivity contribution < 1.29 is 4.57 Å². The highest BCUT2D eigenvalue weighted by Crippen LogP contribution is 2.36. The first-order chi connectivity index (χ1) is 5.55. The van der Waals surface area contributed by atoms with Gasteiger partial charge in [0.25, 0.3) is 0 Å². The minimum Gasteiger partial charge on any atom is -0.373 e. The van der Waals surface area contributed by atoms with Crippen molar-refractivity contribution in [3.63, 3.8) is 0 Å². The standard InChI is InChI=1S/C8H13N2OP/c1-9-8-7(12(2,3)11)5-4-6-10-8/h4-6H,1-3H3,(H,9,10). The Balaban J connectivity index is 3.23. The van der Waals surface area contributed by atoms with Gasteiger partial charge in [0.15, 0.2) is 0 Å². The molecule has 1 aromatic rings. The predicted molar refractivity (Wildman–Crippen MR) is 52.9 cm³/mol. The van der Waals surface area contributed by atoms with Gasteiger partial charge in [0.05, 0.1) is 5.30 Å². The predicted octanol–water partition coefficient (Wildman–Crippen LogP) is 1.37. The smallest absolute Gasteiger partial charge is 0.136 e. The average molecular weight is 184 g/mol. The van der Waals surface area contributed by atoms with E-state index in [0.717, 1.165) is 5.30 Å². The molecule has 0 fully saturated rings. The van der Waals surface area contributed by atoms with Gasteiger partial charge < -0.3 is 9.88 Å². The van der Waals surface area contributed by atoms with E-state index in [1.54, 1.807) is 32.6 Å². The number of pyridine rings is 1. The lowest BCUT2D eigenvalue weighted by molar-refractivity contribution is 0.588. The van der Waals surface area contributed by atoms with Crippen molar-refractivity contribution in [3.8, 4) is 0 Å². The Labute approximate surface area is 72.6 Å². The molecule has 0 aliphatic heterocycles. The molecule has 1 aromatic heterocycles. The van der Waals surface area contributed by atoms with Crippen molar-refractivity contribution in [2.75, 3.05) is 25.7 Å². The SMILES string of the molecule is CNc1ncccc1P(C)(C)=O. The zero-order valence-corrected chi connectivity index (χ0v) is 8.43. The van der Waals surface area contributed by atoms with Crippen LogP contribution in [0.15, 0.2) is 18.3 Å². The maximum absolute atomic E-state index is 11.7. The normalized spacial score (nSPS) is 11.2. The number of hydrogen-bond acceptors (Lipinski definition) is 3. The third-order valence-electron chi connectivity index (χ3n) is 1.60. The second-order valence-electron chi connectivity index (χ2n) is 2.97. The van der Waals surface area contributed by atoms with Crippen LogP contribution in [0.2, 0.25) is 0 Å². The molecule has 0 aliphatic rings. The highest BCUT2D eigenvalue weighted by Gasteiger charge is 2.15. The molecule has 12 heavy (non-hydrogen) atoms. The van der Waals surface area contributed by atoms with E-state index < -0.39 is 7.14 Å². The molecule has 0 atom stereocenters. The van der Waals surface area contributed by atoms with Gasteiger partial charge in [-0.05, 0) is 25.5 Å². The summed E-state index contributed by atoms with van der Waals surface area (Å²) in [5, 5.41) is 3.73. The van der Waals surface area contributed by atoms with Gasteiger partial charge in [-0.1, -0.05) is 0 Å². The van der Waals surface area contributed by atoms with Crippen LogP contribution in [0.3, 0.4) is 0 Å². The van der Waals surface area contributed by atoms with Crippen LogP contribution in [0, 0.1) is 0 Å². The van der Waals surface area contributed by atoms with Crippen LogP contribution in [0.5, 0.6) is 0 Å². The molecule has 0 radical (unpaired) electrons. The molecular weight excluding hydrogens is 171 g/mol. The molecular formula is C8H13N2OP. The Morgan fingerprint density at radius 3 is 2.58 bits per heavy atom. The third kappa shape index (κ3) is 1.86. The molecule has 1 heterocycles. The zero-order chi connectivity index (χ0) is 9.19. The number of nitrogens with zero attached hydrogens (tertiary/aromatic N) is 1. The van der Waals surface area contributed by atoms with E-state index in [4.69, 9.17) is 0 Å². The van der Waals surface area contributed by atoms with E-state index in [-0.39, 0.29) is 0 Å². The Morgan fingerprint density at radius 1 is 1.50 bits per heavy atom. The highest BCUT2D eigenvalue weighted by atomic mass is 31.2. The lowest BCUT2D eigenvalue weighted by atomic mass is 10.5. The van der Waals surface area contributed by atoms with Crippen LogP contribution in [-0.2, 0) is 4.57 Å². The summed E-state index contributed by atoms with van der Waals surface area (Å²) in [4.78, 5) is 4.08. The Morgan fingerprint density at radius 2 is 2.17 bits per heavy atom. The van der Waals surface area contributed by atoms with E-state index in [1.165, 1.54) is 0 Å². The largest absolute Gasteiger partial charge is 0.373 e. The molecule has 0 spiro atoms. The molecule has 3 nitrogen and oxygen atoms in total. The van der Waals surface area contributed by atoms with Crippen LogP contribution in [0.25, 0.3) is 0 Å². The Kier molecular flexibility index (Phi) is 2.53. The van der Waals surface area contributed by atoms with Crippen molar-refractivity contribution in [2.45, 2.75) is 0 Å². The zero-order valence-electron chi connectivity index (χ0n) is 7.53. The van der Waals surface area contributed by atoms with Crippen molar-refractivity contribution in [1.29, 1.82) is 0 Å². The van der Waals surface area contributed by atoms with E-state index in [0.29, 0.717) is 5.82 Å².